The highest BCUT2D eigenvalue weighted by Crippen LogP contribution is 2.38. The zero-order valence-electron chi connectivity index (χ0n) is 19.5. The Balaban J connectivity index is 1.36. The van der Waals surface area contributed by atoms with E-state index in [1.54, 1.807) is 5.38 Å². The van der Waals surface area contributed by atoms with Crippen LogP contribution in [0.5, 0.6) is 5.75 Å². The number of hydrogen-bond acceptors (Lipinski definition) is 5. The summed E-state index contributed by atoms with van der Waals surface area (Å²) in [6.45, 7) is 4.90. The first-order valence-electron chi connectivity index (χ1n) is 11.9. The standard InChI is InChI=1S/C27H29N3O3S/c1-17(2)27(32)30-13-12-18-8-11-21(14-22(18)25(30)19-6-4-3-5-7-19)33-15-24-29-23(16-34-24)26(31)28-20-9-10-20/h3-8,11,14,16-17,20,25H,9-10,12-13,15H2,1-2H3,(H,28,31). The van der Waals surface area contributed by atoms with Gasteiger partial charge in [0, 0.05) is 23.9 Å². The van der Waals surface area contributed by atoms with E-state index in [0.717, 1.165) is 41.1 Å². The summed E-state index contributed by atoms with van der Waals surface area (Å²) >= 11 is 1.43. The molecule has 176 valence electrons. The normalized spacial score (nSPS) is 17.4. The van der Waals surface area contributed by atoms with E-state index >= 15 is 0 Å². The van der Waals surface area contributed by atoms with Crippen molar-refractivity contribution >= 4 is 23.2 Å². The number of carbonyl (C=O) groups is 2. The van der Waals surface area contributed by atoms with Crippen LogP contribution < -0.4 is 10.1 Å². The monoisotopic (exact) mass is 475 g/mol. The van der Waals surface area contributed by atoms with Crippen LogP contribution in [0.25, 0.3) is 0 Å². The highest BCUT2D eigenvalue weighted by Gasteiger charge is 2.33. The molecule has 2 heterocycles. The molecular formula is C27H29N3O3S. The predicted octanol–water partition coefficient (Wildman–Crippen LogP) is 4.74. The zero-order valence-corrected chi connectivity index (χ0v) is 20.3. The highest BCUT2D eigenvalue weighted by atomic mass is 32.1. The summed E-state index contributed by atoms with van der Waals surface area (Å²) in [5.74, 6) is 0.714. The fraction of sp³-hybridized carbons (Fsp3) is 0.370. The van der Waals surface area contributed by atoms with Crippen molar-refractivity contribution in [1.82, 2.24) is 15.2 Å². The van der Waals surface area contributed by atoms with Gasteiger partial charge < -0.3 is 15.0 Å². The SMILES string of the molecule is CC(C)C(=O)N1CCc2ccc(OCc3nc(C(=O)NC4CC4)cs3)cc2C1c1ccccc1. The lowest BCUT2D eigenvalue weighted by molar-refractivity contribution is -0.136. The lowest BCUT2D eigenvalue weighted by atomic mass is 9.87. The Morgan fingerprint density at radius 1 is 1.18 bits per heavy atom. The van der Waals surface area contributed by atoms with Crippen molar-refractivity contribution in [2.24, 2.45) is 5.92 Å². The van der Waals surface area contributed by atoms with Crippen molar-refractivity contribution < 1.29 is 14.3 Å². The molecule has 0 spiro atoms. The molecule has 3 aromatic rings. The first kappa shape index (κ1) is 22.6. The Morgan fingerprint density at radius 2 is 1.97 bits per heavy atom. The molecule has 2 aliphatic rings. The van der Waals surface area contributed by atoms with Crippen molar-refractivity contribution in [3.05, 3.63) is 81.3 Å². The number of aromatic nitrogens is 1. The summed E-state index contributed by atoms with van der Waals surface area (Å²) in [5.41, 5.74) is 3.89. The molecule has 1 unspecified atom stereocenters. The maximum absolute atomic E-state index is 13.1. The van der Waals surface area contributed by atoms with Gasteiger partial charge in [-0.25, -0.2) is 4.98 Å². The third-order valence-electron chi connectivity index (χ3n) is 6.30. The summed E-state index contributed by atoms with van der Waals surface area (Å²) in [4.78, 5) is 31.7. The van der Waals surface area contributed by atoms with Crippen molar-refractivity contribution in [2.75, 3.05) is 6.54 Å². The molecule has 1 aliphatic carbocycles. The molecule has 0 bridgehead atoms. The maximum Gasteiger partial charge on any atom is 0.270 e. The molecule has 2 aromatic carbocycles. The highest BCUT2D eigenvalue weighted by molar-refractivity contribution is 7.09. The van der Waals surface area contributed by atoms with E-state index in [1.807, 2.05) is 43.0 Å². The van der Waals surface area contributed by atoms with Crippen LogP contribution in [0.2, 0.25) is 0 Å². The number of ether oxygens (including phenoxy) is 1. The summed E-state index contributed by atoms with van der Waals surface area (Å²) in [7, 11) is 0. The summed E-state index contributed by atoms with van der Waals surface area (Å²) < 4.78 is 6.08. The van der Waals surface area contributed by atoms with Crippen molar-refractivity contribution in [3.63, 3.8) is 0 Å². The summed E-state index contributed by atoms with van der Waals surface area (Å²) in [5, 5.41) is 5.51. The van der Waals surface area contributed by atoms with Gasteiger partial charge in [-0.1, -0.05) is 50.2 Å². The molecule has 2 amide bonds. The van der Waals surface area contributed by atoms with Crippen LogP contribution in [0, 0.1) is 5.92 Å². The molecule has 5 rings (SSSR count). The van der Waals surface area contributed by atoms with E-state index < -0.39 is 0 Å². The number of hydrogen-bond donors (Lipinski definition) is 1. The van der Waals surface area contributed by atoms with Gasteiger partial charge in [-0.2, -0.15) is 0 Å². The van der Waals surface area contributed by atoms with Crippen LogP contribution in [0.1, 0.15) is 64.9 Å². The van der Waals surface area contributed by atoms with Crippen LogP contribution in [0.3, 0.4) is 0 Å². The topological polar surface area (TPSA) is 71.5 Å². The van der Waals surface area contributed by atoms with Crippen molar-refractivity contribution in [1.29, 1.82) is 0 Å². The molecule has 1 N–H and O–H groups in total. The van der Waals surface area contributed by atoms with Gasteiger partial charge in [-0.3, -0.25) is 9.59 Å². The Labute approximate surface area is 204 Å². The molecule has 1 atom stereocenters. The van der Waals surface area contributed by atoms with Gasteiger partial charge >= 0.3 is 0 Å². The van der Waals surface area contributed by atoms with Gasteiger partial charge in [0.2, 0.25) is 5.91 Å². The Morgan fingerprint density at radius 3 is 2.71 bits per heavy atom. The molecular weight excluding hydrogens is 446 g/mol. The molecule has 0 saturated heterocycles. The zero-order chi connectivity index (χ0) is 23.7. The third kappa shape index (κ3) is 4.85. The molecule has 1 aliphatic heterocycles. The fourth-order valence-corrected chi connectivity index (χ4v) is 5.05. The van der Waals surface area contributed by atoms with E-state index in [4.69, 9.17) is 4.74 Å². The number of benzene rings is 2. The maximum atomic E-state index is 13.1. The average Bonchev–Trinajstić information content (AvgIpc) is 3.54. The largest absolute Gasteiger partial charge is 0.486 e. The number of fused-ring (bicyclic) bond motifs is 1. The second-order valence-corrected chi connectivity index (χ2v) is 10.2. The second-order valence-electron chi connectivity index (χ2n) is 9.27. The van der Waals surface area contributed by atoms with Gasteiger partial charge in [0.1, 0.15) is 23.1 Å². The summed E-state index contributed by atoms with van der Waals surface area (Å²) in [6, 6.07) is 16.5. The molecule has 34 heavy (non-hydrogen) atoms. The second kappa shape index (κ2) is 9.58. The van der Waals surface area contributed by atoms with Crippen LogP contribution in [-0.2, 0) is 17.8 Å². The number of amides is 2. The lowest BCUT2D eigenvalue weighted by Gasteiger charge is -2.39. The van der Waals surface area contributed by atoms with Crippen molar-refractivity contribution in [3.8, 4) is 5.75 Å². The average molecular weight is 476 g/mol. The van der Waals surface area contributed by atoms with E-state index in [9.17, 15) is 9.59 Å². The number of carbonyl (C=O) groups excluding carboxylic acids is 2. The Bertz CT molecular complexity index is 1190. The van der Waals surface area contributed by atoms with Gasteiger partial charge in [-0.05, 0) is 48.1 Å². The van der Waals surface area contributed by atoms with Crippen LogP contribution >= 0.6 is 11.3 Å². The number of nitrogens with zero attached hydrogens (tertiary/aromatic N) is 2. The first-order valence-corrected chi connectivity index (χ1v) is 12.7. The fourth-order valence-electron chi connectivity index (χ4n) is 4.36. The molecule has 6 nitrogen and oxygen atoms in total. The van der Waals surface area contributed by atoms with Gasteiger partial charge in [0.25, 0.3) is 5.91 Å². The van der Waals surface area contributed by atoms with E-state index in [0.29, 0.717) is 24.9 Å². The van der Waals surface area contributed by atoms with Crippen molar-refractivity contribution in [2.45, 2.75) is 51.8 Å². The lowest BCUT2D eigenvalue weighted by Crippen LogP contribution is -2.42. The van der Waals surface area contributed by atoms with E-state index in [2.05, 4.69) is 34.6 Å². The smallest absolute Gasteiger partial charge is 0.270 e. The minimum absolute atomic E-state index is 0.0663. The van der Waals surface area contributed by atoms with Crippen LogP contribution in [0.4, 0.5) is 0 Å². The number of rotatable bonds is 7. The third-order valence-corrected chi connectivity index (χ3v) is 7.12. The Kier molecular flexibility index (Phi) is 6.37. The Hall–Kier alpha value is -3.19. The molecule has 1 aromatic heterocycles. The predicted molar refractivity (Wildman–Crippen MR) is 132 cm³/mol. The molecule has 1 saturated carbocycles. The quantitative estimate of drug-likeness (QED) is 0.536. The van der Waals surface area contributed by atoms with Gasteiger partial charge in [0.15, 0.2) is 0 Å². The number of nitrogens with one attached hydrogen (secondary N) is 1. The number of thiazole rings is 1. The van der Waals surface area contributed by atoms with E-state index in [-0.39, 0.29) is 23.8 Å². The van der Waals surface area contributed by atoms with Crippen LogP contribution in [-0.4, -0.2) is 34.3 Å². The van der Waals surface area contributed by atoms with Crippen LogP contribution in [0.15, 0.2) is 53.9 Å². The summed E-state index contributed by atoms with van der Waals surface area (Å²) in [6.07, 6.45) is 2.92. The minimum atomic E-state index is -0.138. The minimum Gasteiger partial charge on any atom is -0.486 e. The van der Waals surface area contributed by atoms with E-state index in [1.165, 1.54) is 16.9 Å². The molecule has 7 heteroatoms. The first-order chi connectivity index (χ1) is 16.5. The van der Waals surface area contributed by atoms with Gasteiger partial charge in [-0.15, -0.1) is 11.3 Å². The van der Waals surface area contributed by atoms with Gasteiger partial charge in [0.05, 0.1) is 6.04 Å². The molecule has 0 radical (unpaired) electrons. The molecule has 1 fully saturated rings.